The fourth-order valence-corrected chi connectivity index (χ4v) is 2.22. The maximum atomic E-state index is 13.7. The first-order chi connectivity index (χ1) is 7.20. The van der Waals surface area contributed by atoms with Gasteiger partial charge in [-0.25, -0.2) is 4.39 Å². The van der Waals surface area contributed by atoms with Crippen LogP contribution in [0.25, 0.3) is 0 Å². The van der Waals surface area contributed by atoms with Crippen molar-refractivity contribution in [3.05, 3.63) is 28.5 Å². The van der Waals surface area contributed by atoms with Gasteiger partial charge in [-0.05, 0) is 44.0 Å². The predicted molar refractivity (Wildman–Crippen MR) is 57.9 cm³/mol. The van der Waals surface area contributed by atoms with Crippen molar-refractivity contribution in [2.45, 2.75) is 18.8 Å². The average molecular weight is 230 g/mol. The number of piperidine rings is 1. The lowest BCUT2D eigenvalue weighted by molar-refractivity contribution is 0.409. The highest BCUT2D eigenvalue weighted by Gasteiger charge is 2.23. The summed E-state index contributed by atoms with van der Waals surface area (Å²) in [4.78, 5) is 0. The van der Waals surface area contributed by atoms with Gasteiger partial charge in [0, 0.05) is 5.56 Å². The van der Waals surface area contributed by atoms with Gasteiger partial charge in [0.05, 0.1) is 5.02 Å². The maximum absolute atomic E-state index is 13.7. The first-order valence-electron chi connectivity index (χ1n) is 5.07. The van der Waals surface area contributed by atoms with E-state index in [0.717, 1.165) is 25.9 Å². The monoisotopic (exact) mass is 229 g/mol. The van der Waals surface area contributed by atoms with E-state index in [4.69, 9.17) is 11.6 Å². The van der Waals surface area contributed by atoms with Crippen LogP contribution in [0.15, 0.2) is 12.1 Å². The molecule has 1 aromatic carbocycles. The molecule has 1 heterocycles. The van der Waals surface area contributed by atoms with E-state index in [1.54, 1.807) is 0 Å². The van der Waals surface area contributed by atoms with Gasteiger partial charge in [-0.3, -0.25) is 0 Å². The molecule has 82 valence electrons. The molecule has 1 saturated heterocycles. The van der Waals surface area contributed by atoms with Crippen LogP contribution in [-0.4, -0.2) is 18.2 Å². The molecule has 0 aromatic heterocycles. The quantitative estimate of drug-likeness (QED) is 0.776. The molecule has 0 radical (unpaired) electrons. The van der Waals surface area contributed by atoms with Crippen molar-refractivity contribution < 1.29 is 9.50 Å². The van der Waals surface area contributed by atoms with Crippen LogP contribution in [0.1, 0.15) is 24.3 Å². The zero-order valence-corrected chi connectivity index (χ0v) is 9.02. The van der Waals surface area contributed by atoms with E-state index in [1.807, 2.05) is 0 Å². The number of hydrogen-bond donors (Lipinski definition) is 2. The van der Waals surface area contributed by atoms with Crippen LogP contribution >= 0.6 is 11.6 Å². The summed E-state index contributed by atoms with van der Waals surface area (Å²) in [5.74, 6) is -0.377. The van der Waals surface area contributed by atoms with Crippen LogP contribution in [0.5, 0.6) is 5.75 Å². The van der Waals surface area contributed by atoms with E-state index >= 15 is 0 Å². The average Bonchev–Trinajstić information content (AvgIpc) is 2.26. The van der Waals surface area contributed by atoms with E-state index in [2.05, 4.69) is 5.32 Å². The van der Waals surface area contributed by atoms with Crippen LogP contribution in [0.3, 0.4) is 0 Å². The van der Waals surface area contributed by atoms with Gasteiger partial charge in [0.25, 0.3) is 0 Å². The minimum atomic E-state index is -0.469. The van der Waals surface area contributed by atoms with Crippen molar-refractivity contribution in [2.75, 3.05) is 13.1 Å². The Morgan fingerprint density at radius 3 is 2.67 bits per heavy atom. The van der Waals surface area contributed by atoms with Crippen LogP contribution in [0.2, 0.25) is 5.02 Å². The number of phenolic OH excluding ortho intramolecular Hbond substituents is 1. The smallest absolute Gasteiger partial charge is 0.148 e. The largest absolute Gasteiger partial charge is 0.508 e. The van der Waals surface area contributed by atoms with Crippen LogP contribution in [-0.2, 0) is 0 Å². The van der Waals surface area contributed by atoms with Gasteiger partial charge in [0.1, 0.15) is 11.6 Å². The number of benzene rings is 1. The second-order valence-electron chi connectivity index (χ2n) is 3.82. The first-order valence-corrected chi connectivity index (χ1v) is 5.45. The standard InChI is InChI=1S/C11H13ClFNO/c12-8-1-2-9(15)10(11(8)13)7-3-5-14-6-4-7/h1-2,7,14-15H,3-6H2. The van der Waals surface area contributed by atoms with Crippen LogP contribution in [0.4, 0.5) is 4.39 Å². The molecule has 0 aliphatic carbocycles. The number of phenols is 1. The topological polar surface area (TPSA) is 32.3 Å². The third kappa shape index (κ3) is 2.08. The summed E-state index contributed by atoms with van der Waals surface area (Å²) in [6.07, 6.45) is 1.68. The third-order valence-electron chi connectivity index (χ3n) is 2.86. The molecule has 0 saturated carbocycles. The summed E-state index contributed by atoms with van der Waals surface area (Å²) < 4.78 is 13.7. The molecule has 2 rings (SSSR count). The molecule has 1 fully saturated rings. The highest BCUT2D eigenvalue weighted by molar-refractivity contribution is 6.30. The summed E-state index contributed by atoms with van der Waals surface area (Å²) in [5, 5.41) is 12.9. The summed E-state index contributed by atoms with van der Waals surface area (Å²) in [7, 11) is 0. The van der Waals surface area contributed by atoms with Crippen molar-refractivity contribution in [3.63, 3.8) is 0 Å². The number of aromatic hydroxyl groups is 1. The Hall–Kier alpha value is -0.800. The van der Waals surface area contributed by atoms with E-state index in [1.165, 1.54) is 12.1 Å². The molecule has 2 nitrogen and oxygen atoms in total. The second-order valence-corrected chi connectivity index (χ2v) is 4.23. The van der Waals surface area contributed by atoms with Gasteiger partial charge in [-0.15, -0.1) is 0 Å². The lowest BCUT2D eigenvalue weighted by Crippen LogP contribution is -2.27. The Morgan fingerprint density at radius 1 is 1.33 bits per heavy atom. The van der Waals surface area contributed by atoms with Gasteiger partial charge in [0.2, 0.25) is 0 Å². The first kappa shape index (κ1) is 10.7. The van der Waals surface area contributed by atoms with Gasteiger partial charge >= 0.3 is 0 Å². The molecular weight excluding hydrogens is 217 g/mol. The van der Waals surface area contributed by atoms with Crippen molar-refractivity contribution in [2.24, 2.45) is 0 Å². The Labute approximate surface area is 93.1 Å². The molecule has 1 aliphatic rings. The van der Waals surface area contributed by atoms with Crippen molar-refractivity contribution >= 4 is 11.6 Å². The number of rotatable bonds is 1. The molecule has 0 spiro atoms. The predicted octanol–water partition coefficient (Wildman–Crippen LogP) is 2.65. The lowest BCUT2D eigenvalue weighted by atomic mass is 9.89. The summed E-state index contributed by atoms with van der Waals surface area (Å²) in [6.45, 7) is 1.71. The maximum Gasteiger partial charge on any atom is 0.148 e. The number of halogens is 2. The Kier molecular flexibility index (Phi) is 3.12. The van der Waals surface area contributed by atoms with E-state index in [9.17, 15) is 9.50 Å². The Morgan fingerprint density at radius 2 is 2.00 bits per heavy atom. The summed E-state index contributed by atoms with van der Waals surface area (Å²) >= 11 is 5.70. The fraction of sp³-hybridized carbons (Fsp3) is 0.455. The van der Waals surface area contributed by atoms with E-state index in [0.29, 0.717) is 5.56 Å². The molecule has 1 aliphatic heterocycles. The second kappa shape index (κ2) is 4.37. The Balaban J connectivity index is 2.36. The van der Waals surface area contributed by atoms with Gasteiger partial charge in [0.15, 0.2) is 0 Å². The normalized spacial score (nSPS) is 18.0. The molecule has 15 heavy (non-hydrogen) atoms. The molecule has 0 atom stereocenters. The molecule has 0 bridgehead atoms. The van der Waals surface area contributed by atoms with E-state index < -0.39 is 5.82 Å². The zero-order valence-electron chi connectivity index (χ0n) is 8.26. The van der Waals surface area contributed by atoms with Crippen molar-refractivity contribution in [3.8, 4) is 5.75 Å². The Bertz CT molecular complexity index is 364. The third-order valence-corrected chi connectivity index (χ3v) is 3.15. The molecule has 4 heteroatoms. The molecule has 0 amide bonds. The minimum Gasteiger partial charge on any atom is -0.508 e. The summed E-state index contributed by atoms with van der Waals surface area (Å²) in [5.41, 5.74) is 0.379. The molecule has 1 aromatic rings. The molecular formula is C11H13ClFNO. The number of nitrogens with one attached hydrogen (secondary N) is 1. The minimum absolute atomic E-state index is 0.0174. The van der Waals surface area contributed by atoms with Gasteiger partial charge < -0.3 is 10.4 Å². The van der Waals surface area contributed by atoms with Crippen LogP contribution < -0.4 is 5.32 Å². The molecule has 0 unspecified atom stereocenters. The SMILES string of the molecule is Oc1ccc(Cl)c(F)c1C1CCNCC1. The molecule has 2 N–H and O–H groups in total. The van der Waals surface area contributed by atoms with Gasteiger partial charge in [-0.2, -0.15) is 0 Å². The highest BCUT2D eigenvalue weighted by atomic mass is 35.5. The van der Waals surface area contributed by atoms with Crippen molar-refractivity contribution in [1.82, 2.24) is 5.32 Å². The highest BCUT2D eigenvalue weighted by Crippen LogP contribution is 2.36. The van der Waals surface area contributed by atoms with Gasteiger partial charge in [-0.1, -0.05) is 11.6 Å². The summed E-state index contributed by atoms with van der Waals surface area (Å²) in [6, 6.07) is 2.85. The van der Waals surface area contributed by atoms with Crippen LogP contribution in [0, 0.1) is 5.82 Å². The van der Waals surface area contributed by atoms with E-state index in [-0.39, 0.29) is 16.7 Å². The lowest BCUT2D eigenvalue weighted by Gasteiger charge is -2.24. The van der Waals surface area contributed by atoms with Crippen molar-refractivity contribution in [1.29, 1.82) is 0 Å². The fourth-order valence-electron chi connectivity index (χ4n) is 2.06. The number of hydrogen-bond acceptors (Lipinski definition) is 2. The zero-order chi connectivity index (χ0) is 10.8.